The Kier molecular flexibility index (Phi) is 7.50. The van der Waals surface area contributed by atoms with Crippen LogP contribution in [0.3, 0.4) is 0 Å². The molecule has 0 bridgehead atoms. The van der Waals surface area contributed by atoms with Crippen LogP contribution in [-0.2, 0) is 14.8 Å². The lowest BCUT2D eigenvalue weighted by molar-refractivity contribution is 0.0971. The number of piperidine rings is 1. The minimum Gasteiger partial charge on any atom is -0.497 e. The molecule has 0 spiro atoms. The van der Waals surface area contributed by atoms with Crippen molar-refractivity contribution < 1.29 is 22.7 Å². The van der Waals surface area contributed by atoms with Crippen LogP contribution in [0.4, 0.5) is 0 Å². The zero-order valence-electron chi connectivity index (χ0n) is 18.8. The Hall–Kier alpha value is -3.24. The fourth-order valence-electron chi connectivity index (χ4n) is 3.83. The van der Waals surface area contributed by atoms with Gasteiger partial charge in [0.05, 0.1) is 12.0 Å². The molecule has 1 amide bonds. The summed E-state index contributed by atoms with van der Waals surface area (Å²) in [7, 11) is -2.12. The van der Waals surface area contributed by atoms with Gasteiger partial charge in [0, 0.05) is 24.2 Å². The molecular weight excluding hydrogens is 444 g/mol. The fourth-order valence-corrected chi connectivity index (χ4v) is 5.51. The van der Waals surface area contributed by atoms with Gasteiger partial charge in [0.2, 0.25) is 15.9 Å². The van der Waals surface area contributed by atoms with Gasteiger partial charge in [-0.3, -0.25) is 20.9 Å². The van der Waals surface area contributed by atoms with E-state index in [1.807, 2.05) is 13.8 Å². The van der Waals surface area contributed by atoms with Gasteiger partial charge in [0.25, 0.3) is 11.9 Å². The molecule has 2 aromatic rings. The largest absolute Gasteiger partial charge is 0.497 e. The maximum Gasteiger partial charge on any atom is 0.295 e. The third kappa shape index (κ3) is 5.96. The van der Waals surface area contributed by atoms with Crippen LogP contribution < -0.4 is 10.1 Å². The first-order chi connectivity index (χ1) is 15.6. The second kappa shape index (κ2) is 10.1. The molecule has 1 fully saturated rings. The van der Waals surface area contributed by atoms with E-state index in [2.05, 4.69) is 5.32 Å². The highest BCUT2D eigenvalue weighted by Crippen LogP contribution is 2.26. The van der Waals surface area contributed by atoms with Crippen molar-refractivity contribution in [1.29, 1.82) is 10.8 Å². The number of hydrogen-bond donors (Lipinski definition) is 3. The third-order valence-electron chi connectivity index (χ3n) is 5.37. The highest BCUT2D eigenvalue weighted by Gasteiger charge is 2.31. The van der Waals surface area contributed by atoms with Crippen LogP contribution in [0.5, 0.6) is 5.75 Å². The van der Waals surface area contributed by atoms with Crippen molar-refractivity contribution in [2.75, 3.05) is 20.2 Å². The molecule has 0 aromatic heterocycles. The van der Waals surface area contributed by atoms with Gasteiger partial charge in [-0.05, 0) is 66.8 Å². The van der Waals surface area contributed by atoms with E-state index >= 15 is 0 Å². The maximum atomic E-state index is 13.0. The number of carbonyl (C=O) groups is 1. The lowest BCUT2D eigenvalue weighted by Crippen LogP contribution is -2.42. The average Bonchev–Trinajstić information content (AvgIpc) is 2.78. The highest BCUT2D eigenvalue weighted by molar-refractivity contribution is 7.89. The SMILES string of the molecule is COc1ccc(C(=N)OC(=N)NC(=O)c2ccc(S(=O)(=O)N3C[C@H](C)C[C@H](C)C3)cc2)cc1. The van der Waals surface area contributed by atoms with Crippen molar-refractivity contribution in [3.8, 4) is 5.75 Å². The Balaban J connectivity index is 1.61. The number of carbonyl (C=O) groups excluding carboxylic acids is 1. The summed E-state index contributed by atoms with van der Waals surface area (Å²) in [6.45, 7) is 5.03. The zero-order valence-corrected chi connectivity index (χ0v) is 19.6. The van der Waals surface area contributed by atoms with E-state index < -0.39 is 22.0 Å². The molecule has 3 rings (SSSR count). The van der Waals surface area contributed by atoms with Crippen LogP contribution in [0.25, 0.3) is 0 Å². The quantitative estimate of drug-likeness (QED) is 0.454. The number of hydrogen-bond acceptors (Lipinski definition) is 7. The summed E-state index contributed by atoms with van der Waals surface area (Å²) in [6.07, 6.45) is 0.995. The van der Waals surface area contributed by atoms with Gasteiger partial charge >= 0.3 is 0 Å². The van der Waals surface area contributed by atoms with E-state index in [0.717, 1.165) is 6.42 Å². The van der Waals surface area contributed by atoms with Gasteiger partial charge in [0.15, 0.2) is 0 Å². The number of methoxy groups -OCH3 is 1. The minimum absolute atomic E-state index is 0.118. The second-order valence-electron chi connectivity index (χ2n) is 8.24. The van der Waals surface area contributed by atoms with E-state index in [1.54, 1.807) is 24.3 Å². The number of nitrogens with zero attached hydrogens (tertiary/aromatic N) is 1. The van der Waals surface area contributed by atoms with Crippen LogP contribution in [0.1, 0.15) is 36.2 Å². The molecule has 33 heavy (non-hydrogen) atoms. The number of ether oxygens (including phenoxy) is 2. The fraction of sp³-hybridized carbons (Fsp3) is 0.348. The molecule has 1 saturated heterocycles. The molecule has 1 heterocycles. The summed E-state index contributed by atoms with van der Waals surface area (Å²) in [4.78, 5) is 12.5. The number of amides is 1. The van der Waals surface area contributed by atoms with Gasteiger partial charge in [-0.2, -0.15) is 4.31 Å². The lowest BCUT2D eigenvalue weighted by atomic mass is 9.94. The molecule has 1 aliphatic heterocycles. The Bertz CT molecular complexity index is 1120. The number of rotatable bonds is 5. The normalized spacial score (nSPS) is 18.9. The molecule has 9 nitrogen and oxygen atoms in total. The van der Waals surface area contributed by atoms with Crippen molar-refractivity contribution >= 4 is 27.8 Å². The average molecular weight is 473 g/mol. The maximum absolute atomic E-state index is 13.0. The molecule has 3 N–H and O–H groups in total. The number of amidine groups is 1. The second-order valence-corrected chi connectivity index (χ2v) is 10.2. The molecule has 0 radical (unpaired) electrons. The zero-order chi connectivity index (χ0) is 24.2. The van der Waals surface area contributed by atoms with Crippen LogP contribution >= 0.6 is 0 Å². The lowest BCUT2D eigenvalue weighted by Gasteiger charge is -2.34. The third-order valence-corrected chi connectivity index (χ3v) is 7.22. The van der Waals surface area contributed by atoms with Crippen LogP contribution in [0.15, 0.2) is 53.4 Å². The summed E-state index contributed by atoms with van der Waals surface area (Å²) in [6, 6.07) is 11.4. The molecule has 0 aliphatic carbocycles. The van der Waals surface area contributed by atoms with Crippen molar-refractivity contribution in [1.82, 2.24) is 9.62 Å². The van der Waals surface area contributed by atoms with E-state index in [1.165, 1.54) is 35.7 Å². The summed E-state index contributed by atoms with van der Waals surface area (Å²) >= 11 is 0. The van der Waals surface area contributed by atoms with Gasteiger partial charge in [-0.1, -0.05) is 13.8 Å². The summed E-state index contributed by atoms with van der Waals surface area (Å²) < 4.78 is 37.6. The van der Waals surface area contributed by atoms with Gasteiger partial charge in [-0.25, -0.2) is 8.42 Å². The van der Waals surface area contributed by atoms with Crippen LogP contribution in [-0.4, -0.2) is 50.7 Å². The highest BCUT2D eigenvalue weighted by atomic mass is 32.2. The Labute approximate surface area is 193 Å². The van der Waals surface area contributed by atoms with Gasteiger partial charge < -0.3 is 9.47 Å². The predicted octanol–water partition coefficient (Wildman–Crippen LogP) is 3.07. The number of nitrogens with one attached hydrogen (secondary N) is 3. The molecule has 2 atom stereocenters. The molecule has 2 aromatic carbocycles. The Morgan fingerprint density at radius 2 is 1.52 bits per heavy atom. The summed E-state index contributed by atoms with van der Waals surface area (Å²) in [5.41, 5.74) is 0.573. The monoisotopic (exact) mass is 472 g/mol. The summed E-state index contributed by atoms with van der Waals surface area (Å²) in [5, 5.41) is 18.0. The van der Waals surface area contributed by atoms with Gasteiger partial charge in [-0.15, -0.1) is 0 Å². The number of benzene rings is 2. The molecule has 10 heteroatoms. The molecule has 176 valence electrons. The minimum atomic E-state index is -3.65. The topological polar surface area (TPSA) is 133 Å². The molecule has 0 unspecified atom stereocenters. The first kappa shape index (κ1) is 24.4. The number of sulfonamides is 1. The van der Waals surface area contributed by atoms with E-state index in [4.69, 9.17) is 20.3 Å². The smallest absolute Gasteiger partial charge is 0.295 e. The van der Waals surface area contributed by atoms with Crippen molar-refractivity contribution in [2.45, 2.75) is 25.2 Å². The van der Waals surface area contributed by atoms with Crippen LogP contribution in [0, 0.1) is 22.7 Å². The first-order valence-electron chi connectivity index (χ1n) is 10.5. The Morgan fingerprint density at radius 1 is 0.970 bits per heavy atom. The van der Waals surface area contributed by atoms with Crippen LogP contribution in [0.2, 0.25) is 0 Å². The standard InChI is InChI=1S/C23H28N4O5S/c1-15-12-16(2)14-27(13-15)33(29,30)20-10-6-18(7-11-20)22(28)26-23(25)32-21(24)17-4-8-19(31-3)9-5-17/h4-11,15-16,24H,12-14H2,1-3H3,(H2,25,26,28)/t15-,16+. The summed E-state index contributed by atoms with van der Waals surface area (Å²) in [5.74, 6) is 0.234. The molecular formula is C23H28N4O5S. The Morgan fingerprint density at radius 3 is 2.06 bits per heavy atom. The molecule has 1 aliphatic rings. The van der Waals surface area contributed by atoms with Crippen molar-refractivity contribution in [3.63, 3.8) is 0 Å². The predicted molar refractivity (Wildman–Crippen MR) is 124 cm³/mol. The van der Waals surface area contributed by atoms with Crippen molar-refractivity contribution in [2.24, 2.45) is 11.8 Å². The van der Waals surface area contributed by atoms with E-state index in [0.29, 0.717) is 24.4 Å². The van der Waals surface area contributed by atoms with E-state index in [-0.39, 0.29) is 28.2 Å². The van der Waals surface area contributed by atoms with Crippen molar-refractivity contribution in [3.05, 3.63) is 59.7 Å². The first-order valence-corrected chi connectivity index (χ1v) is 11.9. The van der Waals surface area contributed by atoms with Gasteiger partial charge in [0.1, 0.15) is 5.75 Å². The van der Waals surface area contributed by atoms with E-state index in [9.17, 15) is 13.2 Å². The molecule has 0 saturated carbocycles.